The highest BCUT2D eigenvalue weighted by molar-refractivity contribution is 5.79. The number of para-hydroxylation sites is 1. The molecule has 1 fully saturated rings. The Balaban J connectivity index is 1.64. The van der Waals surface area contributed by atoms with E-state index in [4.69, 9.17) is 9.84 Å². The maximum atomic E-state index is 13.4. The Kier molecular flexibility index (Phi) is 8.08. The fourth-order valence-electron chi connectivity index (χ4n) is 4.61. The number of nitrogens with zero attached hydrogens (tertiary/aromatic N) is 5. The molecule has 0 bridgehead atoms. The van der Waals surface area contributed by atoms with E-state index < -0.39 is 0 Å². The van der Waals surface area contributed by atoms with Gasteiger partial charge in [-0.25, -0.2) is 4.68 Å². The molecule has 0 atom stereocenters. The third kappa shape index (κ3) is 5.85. The number of likely N-dealkylation sites (N-methyl/N-ethyl adjacent to an activating group) is 1. The van der Waals surface area contributed by atoms with Gasteiger partial charge in [-0.15, -0.1) is 0 Å². The number of aromatic nitrogens is 2. The molecule has 0 spiro atoms. The van der Waals surface area contributed by atoms with Crippen molar-refractivity contribution >= 4 is 11.7 Å². The summed E-state index contributed by atoms with van der Waals surface area (Å²) in [5, 5.41) is 4.96. The van der Waals surface area contributed by atoms with E-state index in [9.17, 15) is 4.79 Å². The van der Waals surface area contributed by atoms with Crippen molar-refractivity contribution in [2.45, 2.75) is 33.2 Å². The van der Waals surface area contributed by atoms with Gasteiger partial charge in [0.15, 0.2) is 0 Å². The fourth-order valence-corrected chi connectivity index (χ4v) is 4.61. The van der Waals surface area contributed by atoms with Crippen LogP contribution in [0.3, 0.4) is 0 Å². The van der Waals surface area contributed by atoms with Crippen molar-refractivity contribution in [2.24, 2.45) is 0 Å². The summed E-state index contributed by atoms with van der Waals surface area (Å²) in [5.41, 5.74) is 4.14. The number of hydrogen-bond donors (Lipinski definition) is 0. The Morgan fingerprint density at radius 2 is 1.71 bits per heavy atom. The van der Waals surface area contributed by atoms with Crippen LogP contribution in [0.2, 0.25) is 0 Å². The van der Waals surface area contributed by atoms with Crippen LogP contribution in [-0.4, -0.2) is 72.4 Å². The Bertz CT molecular complexity index is 1100. The van der Waals surface area contributed by atoms with Gasteiger partial charge in [-0.1, -0.05) is 37.3 Å². The molecular weight excluding hydrogens is 438 g/mol. The third-order valence-corrected chi connectivity index (χ3v) is 6.67. The first-order valence-electron chi connectivity index (χ1n) is 12.5. The zero-order valence-electron chi connectivity index (χ0n) is 21.4. The van der Waals surface area contributed by atoms with Gasteiger partial charge >= 0.3 is 0 Å². The van der Waals surface area contributed by atoms with E-state index in [-0.39, 0.29) is 5.91 Å². The molecule has 0 aliphatic carbocycles. The number of benzene rings is 2. The molecule has 1 saturated heterocycles. The molecule has 1 aliphatic rings. The van der Waals surface area contributed by atoms with E-state index in [1.54, 1.807) is 7.11 Å². The molecule has 186 valence electrons. The highest BCUT2D eigenvalue weighted by Crippen LogP contribution is 2.30. The molecule has 0 radical (unpaired) electrons. The normalized spacial score (nSPS) is 14.2. The van der Waals surface area contributed by atoms with E-state index in [1.807, 2.05) is 47.4 Å². The predicted molar refractivity (Wildman–Crippen MR) is 140 cm³/mol. The minimum atomic E-state index is 0.133. The average Bonchev–Trinajstić information content (AvgIpc) is 3.21. The molecule has 7 nitrogen and oxygen atoms in total. The largest absolute Gasteiger partial charge is 0.497 e. The quantitative estimate of drug-likeness (QED) is 0.470. The second-order valence-electron chi connectivity index (χ2n) is 9.27. The number of hydrogen-bond acceptors (Lipinski definition) is 5. The number of aryl methyl sites for hydroxylation is 1. The van der Waals surface area contributed by atoms with Crippen LogP contribution in [0.15, 0.2) is 54.6 Å². The lowest BCUT2D eigenvalue weighted by atomic mass is 10.1. The molecule has 2 heterocycles. The van der Waals surface area contributed by atoms with Gasteiger partial charge in [0.1, 0.15) is 11.6 Å². The molecular formula is C28H37N5O2. The maximum Gasteiger partial charge on any atom is 0.227 e. The van der Waals surface area contributed by atoms with Crippen LogP contribution >= 0.6 is 0 Å². The Morgan fingerprint density at radius 1 is 1.03 bits per heavy atom. The molecule has 4 rings (SSSR count). The van der Waals surface area contributed by atoms with Crippen LogP contribution in [0, 0.1) is 6.92 Å². The average molecular weight is 476 g/mol. The summed E-state index contributed by atoms with van der Waals surface area (Å²) in [4.78, 5) is 20.2. The summed E-state index contributed by atoms with van der Waals surface area (Å²) >= 11 is 0. The number of carbonyl (C=O) groups excluding carboxylic acids is 1. The minimum absolute atomic E-state index is 0.133. The van der Waals surface area contributed by atoms with Crippen LogP contribution in [0.25, 0.3) is 5.69 Å². The molecule has 1 amide bonds. The molecule has 0 saturated carbocycles. The van der Waals surface area contributed by atoms with Crippen molar-refractivity contribution in [3.8, 4) is 11.4 Å². The summed E-state index contributed by atoms with van der Waals surface area (Å²) in [7, 11) is 3.82. The van der Waals surface area contributed by atoms with Crippen LogP contribution in [0.5, 0.6) is 5.75 Å². The number of carbonyl (C=O) groups is 1. The summed E-state index contributed by atoms with van der Waals surface area (Å²) < 4.78 is 7.32. The van der Waals surface area contributed by atoms with Crippen LogP contribution in [0.4, 0.5) is 5.82 Å². The standard InChI is InChI=1S/C28H37N5O2/c1-5-15-32(27(34)20-23-11-13-25(35-4)14-12-23)21-26-22(2)29-33(24-9-7-6-8-10-24)28(26)31-18-16-30(3)17-19-31/h6-14H,5,15-21H2,1-4H3. The number of amides is 1. The van der Waals surface area contributed by atoms with Crippen molar-refractivity contribution in [3.05, 3.63) is 71.4 Å². The van der Waals surface area contributed by atoms with Gasteiger partial charge in [0.2, 0.25) is 5.91 Å². The lowest BCUT2D eigenvalue weighted by Crippen LogP contribution is -2.45. The van der Waals surface area contributed by atoms with Gasteiger partial charge in [-0.05, 0) is 50.2 Å². The first-order chi connectivity index (χ1) is 17.0. The van der Waals surface area contributed by atoms with Crippen molar-refractivity contribution in [3.63, 3.8) is 0 Å². The van der Waals surface area contributed by atoms with Crippen molar-refractivity contribution in [1.29, 1.82) is 0 Å². The Hall–Kier alpha value is -3.32. The first kappa shape index (κ1) is 24.8. The van der Waals surface area contributed by atoms with Crippen LogP contribution < -0.4 is 9.64 Å². The smallest absolute Gasteiger partial charge is 0.227 e. The monoisotopic (exact) mass is 475 g/mol. The van der Waals surface area contributed by atoms with Gasteiger partial charge < -0.3 is 19.4 Å². The first-order valence-corrected chi connectivity index (χ1v) is 12.5. The van der Waals surface area contributed by atoms with E-state index in [0.29, 0.717) is 19.5 Å². The van der Waals surface area contributed by atoms with Crippen molar-refractivity contribution < 1.29 is 9.53 Å². The molecule has 7 heteroatoms. The molecule has 1 aliphatic heterocycles. The summed E-state index contributed by atoms with van der Waals surface area (Å²) in [5.74, 6) is 2.04. The minimum Gasteiger partial charge on any atom is -0.497 e. The van der Waals surface area contributed by atoms with E-state index in [0.717, 1.165) is 66.7 Å². The SMILES string of the molecule is CCCN(Cc1c(C)nn(-c2ccccc2)c1N1CCN(C)CC1)C(=O)Cc1ccc(OC)cc1. The van der Waals surface area contributed by atoms with Gasteiger partial charge in [0, 0.05) is 38.3 Å². The predicted octanol–water partition coefficient (Wildman–Crippen LogP) is 3.92. The highest BCUT2D eigenvalue weighted by atomic mass is 16.5. The zero-order chi connectivity index (χ0) is 24.8. The molecule has 3 aromatic rings. The van der Waals surface area contributed by atoms with Crippen molar-refractivity contribution in [1.82, 2.24) is 19.6 Å². The second kappa shape index (κ2) is 11.4. The summed E-state index contributed by atoms with van der Waals surface area (Å²) in [6, 6.07) is 18.0. The van der Waals surface area contributed by atoms with E-state index >= 15 is 0 Å². The number of methoxy groups -OCH3 is 1. The highest BCUT2D eigenvalue weighted by Gasteiger charge is 2.27. The number of anilines is 1. The van der Waals surface area contributed by atoms with Gasteiger partial charge in [0.25, 0.3) is 0 Å². The molecule has 1 aromatic heterocycles. The maximum absolute atomic E-state index is 13.4. The number of ether oxygens (including phenoxy) is 1. The summed E-state index contributed by atoms with van der Waals surface area (Å²) in [6.07, 6.45) is 1.28. The lowest BCUT2D eigenvalue weighted by molar-refractivity contribution is -0.131. The van der Waals surface area contributed by atoms with Gasteiger partial charge in [0.05, 0.1) is 31.5 Å². The summed E-state index contributed by atoms with van der Waals surface area (Å²) in [6.45, 7) is 9.35. The number of piperazine rings is 1. The van der Waals surface area contributed by atoms with Crippen LogP contribution in [-0.2, 0) is 17.8 Å². The number of rotatable bonds is 9. The molecule has 2 aromatic carbocycles. The molecule has 0 unspecified atom stereocenters. The Morgan fingerprint density at radius 3 is 2.34 bits per heavy atom. The molecule has 35 heavy (non-hydrogen) atoms. The zero-order valence-corrected chi connectivity index (χ0v) is 21.4. The molecule has 0 N–H and O–H groups in total. The van der Waals surface area contributed by atoms with Gasteiger partial charge in [-0.2, -0.15) is 5.10 Å². The van der Waals surface area contributed by atoms with Gasteiger partial charge in [-0.3, -0.25) is 4.79 Å². The van der Waals surface area contributed by atoms with E-state index in [2.05, 4.69) is 47.5 Å². The Labute approximate surface area is 208 Å². The topological polar surface area (TPSA) is 53.8 Å². The van der Waals surface area contributed by atoms with Crippen molar-refractivity contribution in [2.75, 3.05) is 51.8 Å². The third-order valence-electron chi connectivity index (χ3n) is 6.67. The van der Waals surface area contributed by atoms with Crippen LogP contribution in [0.1, 0.15) is 30.2 Å². The van der Waals surface area contributed by atoms with E-state index in [1.165, 1.54) is 0 Å². The second-order valence-corrected chi connectivity index (χ2v) is 9.27. The fraction of sp³-hybridized carbons (Fsp3) is 0.429. The lowest BCUT2D eigenvalue weighted by Gasteiger charge is -2.35.